The first-order valence-corrected chi connectivity index (χ1v) is 13.1. The number of hydrogen-bond donors (Lipinski definition) is 3. The first-order chi connectivity index (χ1) is 14.0. The summed E-state index contributed by atoms with van der Waals surface area (Å²) in [4.78, 5) is 0. The van der Waals surface area contributed by atoms with Crippen molar-refractivity contribution < 1.29 is 15.3 Å². The minimum atomic E-state index is -1.11. The Morgan fingerprint density at radius 3 is 2.33 bits per heavy atom. The summed E-state index contributed by atoms with van der Waals surface area (Å²) in [6, 6.07) is 0. The van der Waals surface area contributed by atoms with E-state index in [4.69, 9.17) is 0 Å². The minimum Gasteiger partial charge on any atom is -0.393 e. The van der Waals surface area contributed by atoms with Gasteiger partial charge in [0.05, 0.1) is 17.8 Å². The van der Waals surface area contributed by atoms with Crippen molar-refractivity contribution in [1.82, 2.24) is 0 Å². The van der Waals surface area contributed by atoms with Crippen molar-refractivity contribution in [3.8, 4) is 0 Å². The van der Waals surface area contributed by atoms with Crippen LogP contribution in [0.3, 0.4) is 0 Å². The highest BCUT2D eigenvalue weighted by molar-refractivity contribution is 5.17. The molecular weight excluding hydrogens is 372 g/mol. The summed E-state index contributed by atoms with van der Waals surface area (Å²) < 4.78 is 0. The average molecular weight is 421 g/mol. The Morgan fingerprint density at radius 1 is 0.900 bits per heavy atom. The normalized spacial score (nSPS) is 51.9. The zero-order valence-corrected chi connectivity index (χ0v) is 20.2. The lowest BCUT2D eigenvalue weighted by Gasteiger charge is -2.65. The van der Waals surface area contributed by atoms with E-state index in [2.05, 4.69) is 34.6 Å². The first-order valence-electron chi connectivity index (χ1n) is 13.1. The molecular formula is C27H48O3. The summed E-state index contributed by atoms with van der Waals surface area (Å²) in [7, 11) is 0. The molecule has 3 heteroatoms. The zero-order valence-electron chi connectivity index (χ0n) is 20.2. The van der Waals surface area contributed by atoms with E-state index < -0.39 is 17.8 Å². The largest absolute Gasteiger partial charge is 0.393 e. The Hall–Kier alpha value is -0.120. The second-order valence-corrected chi connectivity index (χ2v) is 12.9. The fourth-order valence-electron chi connectivity index (χ4n) is 9.29. The highest BCUT2D eigenvalue weighted by atomic mass is 16.3. The predicted octanol–water partition coefficient (Wildman–Crippen LogP) is 5.55. The van der Waals surface area contributed by atoms with Crippen LogP contribution in [0.25, 0.3) is 0 Å². The molecule has 0 amide bonds. The lowest BCUT2D eigenvalue weighted by molar-refractivity contribution is -0.264. The second kappa shape index (κ2) is 8.03. The number of aliphatic hydroxyl groups is 3. The second-order valence-electron chi connectivity index (χ2n) is 12.9. The molecule has 0 aromatic carbocycles. The summed E-state index contributed by atoms with van der Waals surface area (Å²) >= 11 is 0. The molecule has 0 aliphatic heterocycles. The van der Waals surface area contributed by atoms with Crippen LogP contribution in [0.5, 0.6) is 0 Å². The van der Waals surface area contributed by atoms with Crippen LogP contribution in [-0.2, 0) is 0 Å². The van der Waals surface area contributed by atoms with Crippen LogP contribution in [0, 0.1) is 46.3 Å². The SMILES string of the molecule is CC(C)CCCC(C)[C@H]1CCC2C3C[C@@H](O)[C@@]4(O)C[C@@H](O)CC[C@]4(C)C3CC[C@@]21C. The van der Waals surface area contributed by atoms with Crippen LogP contribution < -0.4 is 0 Å². The van der Waals surface area contributed by atoms with Gasteiger partial charge in [0.1, 0.15) is 0 Å². The van der Waals surface area contributed by atoms with E-state index >= 15 is 0 Å². The summed E-state index contributed by atoms with van der Waals surface area (Å²) in [5, 5.41) is 33.0. The molecule has 0 spiro atoms. The number of fused-ring (bicyclic) bond motifs is 5. The third kappa shape index (κ3) is 3.41. The Bertz CT molecular complexity index is 619. The predicted molar refractivity (Wildman–Crippen MR) is 122 cm³/mol. The fourth-order valence-corrected chi connectivity index (χ4v) is 9.29. The van der Waals surface area contributed by atoms with Crippen LogP contribution in [-0.4, -0.2) is 33.1 Å². The molecule has 3 nitrogen and oxygen atoms in total. The summed E-state index contributed by atoms with van der Waals surface area (Å²) in [6.07, 6.45) is 10.7. The van der Waals surface area contributed by atoms with Gasteiger partial charge in [0.2, 0.25) is 0 Å². The van der Waals surface area contributed by atoms with Crippen LogP contribution in [0.1, 0.15) is 105 Å². The molecule has 10 atom stereocenters. The maximum absolute atomic E-state index is 11.6. The third-order valence-corrected chi connectivity index (χ3v) is 11.0. The molecule has 0 aromatic rings. The molecule has 4 aliphatic rings. The van der Waals surface area contributed by atoms with E-state index in [1.807, 2.05) is 0 Å². The van der Waals surface area contributed by atoms with Crippen molar-refractivity contribution >= 4 is 0 Å². The molecule has 4 rings (SSSR count). The van der Waals surface area contributed by atoms with Gasteiger partial charge in [-0.1, -0.05) is 53.9 Å². The van der Waals surface area contributed by atoms with E-state index in [0.29, 0.717) is 29.6 Å². The van der Waals surface area contributed by atoms with Gasteiger partial charge >= 0.3 is 0 Å². The van der Waals surface area contributed by atoms with Crippen LogP contribution in [0.2, 0.25) is 0 Å². The van der Waals surface area contributed by atoms with Gasteiger partial charge in [-0.05, 0) is 85.9 Å². The van der Waals surface area contributed by atoms with Gasteiger partial charge in [-0.25, -0.2) is 0 Å². The molecule has 174 valence electrons. The Kier molecular flexibility index (Phi) is 6.17. The molecule has 0 bridgehead atoms. The molecule has 4 saturated carbocycles. The van der Waals surface area contributed by atoms with E-state index in [1.54, 1.807) is 0 Å². The van der Waals surface area contributed by atoms with E-state index in [-0.39, 0.29) is 5.41 Å². The van der Waals surface area contributed by atoms with E-state index in [0.717, 1.165) is 37.0 Å². The fraction of sp³-hybridized carbons (Fsp3) is 1.00. The van der Waals surface area contributed by atoms with Crippen LogP contribution in [0.4, 0.5) is 0 Å². The van der Waals surface area contributed by atoms with Crippen molar-refractivity contribution in [3.05, 3.63) is 0 Å². The molecule has 4 unspecified atom stereocenters. The topological polar surface area (TPSA) is 60.7 Å². The Balaban J connectivity index is 1.53. The zero-order chi connectivity index (χ0) is 21.9. The molecule has 30 heavy (non-hydrogen) atoms. The van der Waals surface area contributed by atoms with Gasteiger partial charge < -0.3 is 15.3 Å². The first kappa shape index (κ1) is 23.1. The van der Waals surface area contributed by atoms with Crippen LogP contribution >= 0.6 is 0 Å². The number of aliphatic hydroxyl groups excluding tert-OH is 2. The Morgan fingerprint density at radius 2 is 1.63 bits per heavy atom. The van der Waals surface area contributed by atoms with Crippen molar-refractivity contribution in [3.63, 3.8) is 0 Å². The molecule has 4 fully saturated rings. The van der Waals surface area contributed by atoms with Gasteiger partial charge in [-0.3, -0.25) is 0 Å². The number of rotatable bonds is 5. The van der Waals surface area contributed by atoms with Crippen molar-refractivity contribution in [2.45, 2.75) is 123 Å². The molecule has 3 N–H and O–H groups in total. The highest BCUT2D eigenvalue weighted by Gasteiger charge is 2.67. The molecule has 0 radical (unpaired) electrons. The van der Waals surface area contributed by atoms with E-state index in [9.17, 15) is 15.3 Å². The van der Waals surface area contributed by atoms with Gasteiger partial charge in [-0.2, -0.15) is 0 Å². The van der Waals surface area contributed by atoms with Crippen molar-refractivity contribution in [2.75, 3.05) is 0 Å². The average Bonchev–Trinajstić information content (AvgIpc) is 3.01. The minimum absolute atomic E-state index is 0.253. The monoisotopic (exact) mass is 420 g/mol. The highest BCUT2D eigenvalue weighted by Crippen LogP contribution is 2.69. The molecule has 0 heterocycles. The van der Waals surface area contributed by atoms with Gasteiger partial charge in [-0.15, -0.1) is 0 Å². The van der Waals surface area contributed by atoms with Gasteiger partial charge in [0.25, 0.3) is 0 Å². The molecule has 0 aromatic heterocycles. The number of hydrogen-bond acceptors (Lipinski definition) is 3. The lowest BCUT2D eigenvalue weighted by Crippen LogP contribution is -2.68. The Labute approximate surface area is 185 Å². The summed E-state index contributed by atoms with van der Waals surface area (Å²) in [5.41, 5.74) is -0.962. The van der Waals surface area contributed by atoms with Gasteiger partial charge in [0, 0.05) is 11.8 Å². The maximum Gasteiger partial charge on any atom is 0.0985 e. The maximum atomic E-state index is 11.6. The van der Waals surface area contributed by atoms with Gasteiger partial charge in [0.15, 0.2) is 0 Å². The lowest BCUT2D eigenvalue weighted by atomic mass is 9.42. The molecule has 4 aliphatic carbocycles. The third-order valence-electron chi connectivity index (χ3n) is 11.0. The summed E-state index contributed by atoms with van der Waals surface area (Å²) in [6.45, 7) is 12.0. The van der Waals surface area contributed by atoms with Crippen molar-refractivity contribution in [2.24, 2.45) is 46.3 Å². The smallest absolute Gasteiger partial charge is 0.0985 e. The van der Waals surface area contributed by atoms with Crippen LogP contribution in [0.15, 0.2) is 0 Å². The standard InChI is InChI=1S/C27H48O3/c1-17(2)7-6-8-18(3)21-9-10-22-20-15-24(29)27(30)16-19(28)11-14-26(27,5)23(20)12-13-25(21,22)4/h17-24,28-30H,6-16H2,1-5H3/t18?,19-,20?,21+,22?,23?,24+,25+,26+,27-/m0/s1. The quantitative estimate of drug-likeness (QED) is 0.546. The van der Waals surface area contributed by atoms with Crippen molar-refractivity contribution in [1.29, 1.82) is 0 Å². The van der Waals surface area contributed by atoms with E-state index in [1.165, 1.54) is 44.9 Å². The summed E-state index contributed by atoms with van der Waals surface area (Å²) in [5.74, 6) is 4.13. The molecule has 0 saturated heterocycles.